The number of allylic oxidation sites excluding steroid dienone is 1. The minimum atomic E-state index is -0.419. The largest absolute Gasteiger partial charge is 0.463 e. The third-order valence-corrected chi connectivity index (χ3v) is 5.18. The highest BCUT2D eigenvalue weighted by molar-refractivity contribution is 7.80. The minimum Gasteiger partial charge on any atom is -0.463 e. The first-order valence-electron chi connectivity index (χ1n) is 9.33. The second-order valence-corrected chi connectivity index (χ2v) is 7.12. The normalized spacial score (nSPS) is 19.6. The van der Waals surface area contributed by atoms with Crippen molar-refractivity contribution in [1.29, 1.82) is 0 Å². The van der Waals surface area contributed by atoms with Gasteiger partial charge >= 0.3 is 5.97 Å². The summed E-state index contributed by atoms with van der Waals surface area (Å²) in [4.78, 5) is 26.6. The van der Waals surface area contributed by atoms with Crippen LogP contribution in [0.3, 0.4) is 0 Å². The molecule has 1 fully saturated rings. The van der Waals surface area contributed by atoms with Crippen LogP contribution in [-0.4, -0.2) is 35.0 Å². The van der Waals surface area contributed by atoms with Crippen LogP contribution >= 0.6 is 12.2 Å². The van der Waals surface area contributed by atoms with Crippen molar-refractivity contribution < 1.29 is 14.3 Å². The molecule has 0 spiro atoms. The van der Waals surface area contributed by atoms with Gasteiger partial charge in [0.25, 0.3) is 0 Å². The highest BCUT2D eigenvalue weighted by Crippen LogP contribution is 2.33. The van der Waals surface area contributed by atoms with E-state index in [0.717, 1.165) is 29.8 Å². The number of nitrogens with zero attached hydrogens (tertiary/aromatic N) is 1. The smallest absolute Gasteiger partial charge is 0.338 e. The SMILES string of the molecule is CCOC(=O)C1=C(C)N(CC)C(=S)NC1c1cccc(NC(=O)C2CC2)c1. The van der Waals surface area contributed by atoms with Crippen molar-refractivity contribution in [3.8, 4) is 0 Å². The zero-order chi connectivity index (χ0) is 19.6. The van der Waals surface area contributed by atoms with Crippen molar-refractivity contribution in [3.63, 3.8) is 0 Å². The lowest BCUT2D eigenvalue weighted by Crippen LogP contribution is -2.47. The fourth-order valence-electron chi connectivity index (χ4n) is 3.27. The minimum absolute atomic E-state index is 0.0498. The summed E-state index contributed by atoms with van der Waals surface area (Å²) in [6.07, 6.45) is 1.90. The van der Waals surface area contributed by atoms with Crippen LogP contribution in [0.4, 0.5) is 5.69 Å². The van der Waals surface area contributed by atoms with E-state index in [1.807, 2.05) is 43.0 Å². The number of rotatable bonds is 6. The average molecular weight is 388 g/mol. The molecule has 144 valence electrons. The number of amides is 1. The van der Waals surface area contributed by atoms with E-state index in [0.29, 0.717) is 23.8 Å². The van der Waals surface area contributed by atoms with E-state index in [2.05, 4.69) is 10.6 Å². The molecule has 1 aliphatic carbocycles. The summed E-state index contributed by atoms with van der Waals surface area (Å²) in [6, 6.07) is 7.10. The first-order chi connectivity index (χ1) is 13.0. The molecule has 27 heavy (non-hydrogen) atoms. The van der Waals surface area contributed by atoms with Crippen LogP contribution in [0, 0.1) is 5.92 Å². The van der Waals surface area contributed by atoms with Crippen LogP contribution in [0.25, 0.3) is 0 Å². The maximum absolute atomic E-state index is 12.7. The van der Waals surface area contributed by atoms with E-state index >= 15 is 0 Å². The molecule has 1 unspecified atom stereocenters. The van der Waals surface area contributed by atoms with Gasteiger partial charge in [-0.15, -0.1) is 0 Å². The molecule has 6 nitrogen and oxygen atoms in total. The number of benzene rings is 1. The molecule has 1 aromatic carbocycles. The molecule has 0 bridgehead atoms. The number of carbonyl (C=O) groups excluding carboxylic acids is 2. The molecule has 2 N–H and O–H groups in total. The summed E-state index contributed by atoms with van der Waals surface area (Å²) < 4.78 is 5.29. The number of anilines is 1. The highest BCUT2D eigenvalue weighted by Gasteiger charge is 2.34. The molecule has 0 aromatic heterocycles. The van der Waals surface area contributed by atoms with Crippen molar-refractivity contribution in [3.05, 3.63) is 41.1 Å². The molecule has 2 aliphatic rings. The number of thiocarbonyl (C=S) groups is 1. The summed E-state index contributed by atoms with van der Waals surface area (Å²) in [6.45, 7) is 6.61. The van der Waals surface area contributed by atoms with Crippen LogP contribution < -0.4 is 10.6 Å². The van der Waals surface area contributed by atoms with Gasteiger partial charge in [0.2, 0.25) is 5.91 Å². The Labute approximate surface area is 164 Å². The second kappa shape index (κ2) is 8.08. The number of hydrogen-bond donors (Lipinski definition) is 2. The molecular weight excluding hydrogens is 362 g/mol. The fourth-order valence-corrected chi connectivity index (χ4v) is 3.66. The van der Waals surface area contributed by atoms with E-state index in [4.69, 9.17) is 17.0 Å². The van der Waals surface area contributed by atoms with E-state index < -0.39 is 6.04 Å². The molecule has 0 radical (unpaired) electrons. The Morgan fingerprint density at radius 3 is 2.70 bits per heavy atom. The zero-order valence-corrected chi connectivity index (χ0v) is 16.7. The van der Waals surface area contributed by atoms with Crippen molar-refractivity contribution in [1.82, 2.24) is 10.2 Å². The van der Waals surface area contributed by atoms with Gasteiger partial charge in [0.15, 0.2) is 5.11 Å². The molecule has 1 amide bonds. The molecule has 7 heteroatoms. The Balaban J connectivity index is 1.95. The first-order valence-corrected chi connectivity index (χ1v) is 9.73. The van der Waals surface area contributed by atoms with Gasteiger partial charge in [-0.25, -0.2) is 4.79 Å². The highest BCUT2D eigenvalue weighted by atomic mass is 32.1. The number of ether oxygens (including phenoxy) is 1. The van der Waals surface area contributed by atoms with Crippen molar-refractivity contribution in [2.75, 3.05) is 18.5 Å². The molecule has 1 saturated carbocycles. The van der Waals surface area contributed by atoms with Crippen molar-refractivity contribution in [2.24, 2.45) is 5.92 Å². The standard InChI is InChI=1S/C20H25N3O3S/c1-4-23-12(3)16(19(25)26-5-2)17(22-20(23)27)14-7-6-8-15(11-14)21-18(24)13-9-10-13/h6-8,11,13,17H,4-5,9-10H2,1-3H3,(H,21,24)(H,22,27). The number of carbonyl (C=O) groups is 2. The van der Waals surface area contributed by atoms with Gasteiger partial charge in [-0.3, -0.25) is 4.79 Å². The maximum Gasteiger partial charge on any atom is 0.338 e. The lowest BCUT2D eigenvalue weighted by Gasteiger charge is -2.37. The summed E-state index contributed by atoms with van der Waals surface area (Å²) in [5.41, 5.74) is 2.90. The summed E-state index contributed by atoms with van der Waals surface area (Å²) >= 11 is 5.49. The monoisotopic (exact) mass is 387 g/mol. The average Bonchev–Trinajstić information content (AvgIpc) is 3.47. The Morgan fingerprint density at radius 1 is 1.33 bits per heavy atom. The number of esters is 1. The third kappa shape index (κ3) is 4.13. The number of nitrogens with one attached hydrogen (secondary N) is 2. The van der Waals surface area contributed by atoms with Gasteiger partial charge in [-0.2, -0.15) is 0 Å². The van der Waals surface area contributed by atoms with E-state index in [9.17, 15) is 9.59 Å². The van der Waals surface area contributed by atoms with Crippen LogP contribution in [0.5, 0.6) is 0 Å². The molecule has 1 atom stereocenters. The predicted molar refractivity (Wildman–Crippen MR) is 108 cm³/mol. The van der Waals surface area contributed by atoms with E-state index in [1.165, 1.54) is 0 Å². The van der Waals surface area contributed by atoms with Crippen molar-refractivity contribution in [2.45, 2.75) is 39.7 Å². The molecule has 1 aliphatic heterocycles. The summed E-state index contributed by atoms with van der Waals surface area (Å²) in [5.74, 6) is -0.181. The Hall–Kier alpha value is -2.41. The second-order valence-electron chi connectivity index (χ2n) is 6.74. The Morgan fingerprint density at radius 2 is 2.07 bits per heavy atom. The van der Waals surface area contributed by atoms with Crippen molar-refractivity contribution >= 4 is 34.9 Å². The molecule has 0 saturated heterocycles. The van der Waals surface area contributed by atoms with Gasteiger partial charge in [0, 0.05) is 23.8 Å². The molecule has 3 rings (SSSR count). The lowest BCUT2D eigenvalue weighted by atomic mass is 9.94. The summed E-state index contributed by atoms with van der Waals surface area (Å²) in [5, 5.41) is 6.78. The predicted octanol–water partition coefficient (Wildman–Crippen LogP) is 3.12. The maximum atomic E-state index is 12.7. The molecule has 1 heterocycles. The first kappa shape index (κ1) is 19.4. The van der Waals surface area contributed by atoms with Crippen LogP contribution in [-0.2, 0) is 14.3 Å². The van der Waals surface area contributed by atoms with Gasteiger partial charge in [-0.05, 0) is 63.5 Å². The van der Waals surface area contributed by atoms with Gasteiger partial charge in [0.1, 0.15) is 0 Å². The van der Waals surface area contributed by atoms with Crippen LogP contribution in [0.1, 0.15) is 45.2 Å². The van der Waals surface area contributed by atoms with Gasteiger partial charge in [-0.1, -0.05) is 12.1 Å². The third-order valence-electron chi connectivity index (χ3n) is 4.84. The lowest BCUT2D eigenvalue weighted by molar-refractivity contribution is -0.139. The Kier molecular flexibility index (Phi) is 5.79. The fraction of sp³-hybridized carbons (Fsp3) is 0.450. The summed E-state index contributed by atoms with van der Waals surface area (Å²) in [7, 11) is 0. The molecular formula is C20H25N3O3S. The van der Waals surface area contributed by atoms with Crippen LogP contribution in [0.2, 0.25) is 0 Å². The van der Waals surface area contributed by atoms with E-state index in [-0.39, 0.29) is 17.8 Å². The van der Waals surface area contributed by atoms with E-state index in [1.54, 1.807) is 6.92 Å². The Bertz CT molecular complexity index is 801. The number of hydrogen-bond acceptors (Lipinski definition) is 4. The molecule has 1 aromatic rings. The topological polar surface area (TPSA) is 70.7 Å². The quantitative estimate of drug-likeness (QED) is 0.577. The van der Waals surface area contributed by atoms with Crippen LogP contribution in [0.15, 0.2) is 35.5 Å². The van der Waals surface area contributed by atoms with Gasteiger partial charge in [0.05, 0.1) is 18.2 Å². The van der Waals surface area contributed by atoms with Gasteiger partial charge < -0.3 is 20.3 Å². The zero-order valence-electron chi connectivity index (χ0n) is 15.9.